The van der Waals surface area contributed by atoms with Gasteiger partial charge in [0.2, 0.25) is 5.91 Å². The van der Waals surface area contributed by atoms with Gasteiger partial charge in [0.15, 0.2) is 5.65 Å². The summed E-state index contributed by atoms with van der Waals surface area (Å²) in [5.41, 5.74) is 4.07. The van der Waals surface area contributed by atoms with Crippen LogP contribution in [0, 0.1) is 0 Å². The number of rotatable bonds is 3. The summed E-state index contributed by atoms with van der Waals surface area (Å²) in [7, 11) is 0. The molecule has 2 bridgehead atoms. The fraction of sp³-hybridized carbons (Fsp3) is 0.278. The van der Waals surface area contributed by atoms with E-state index in [0.29, 0.717) is 6.04 Å². The maximum atomic E-state index is 11.8. The Morgan fingerprint density at radius 3 is 2.88 bits per heavy atom. The molecule has 2 atom stereocenters. The van der Waals surface area contributed by atoms with E-state index in [1.165, 1.54) is 0 Å². The minimum absolute atomic E-state index is 0.0169. The van der Waals surface area contributed by atoms with E-state index in [-0.39, 0.29) is 11.9 Å². The highest BCUT2D eigenvalue weighted by molar-refractivity contribution is 5.85. The van der Waals surface area contributed by atoms with E-state index in [1.807, 2.05) is 41.3 Å². The molecule has 1 amide bonds. The zero-order valence-electron chi connectivity index (χ0n) is 13.1. The van der Waals surface area contributed by atoms with E-state index in [4.69, 9.17) is 0 Å². The number of likely N-dealkylation sites (tertiary alicyclic amines) is 1. The maximum Gasteiger partial charge on any atom is 0.237 e. The van der Waals surface area contributed by atoms with Crippen molar-refractivity contribution in [2.24, 2.45) is 0 Å². The van der Waals surface area contributed by atoms with Crippen molar-refractivity contribution in [3.8, 4) is 11.1 Å². The van der Waals surface area contributed by atoms with Gasteiger partial charge in [-0.05, 0) is 12.0 Å². The van der Waals surface area contributed by atoms with E-state index in [9.17, 15) is 4.79 Å². The third-order valence-electron chi connectivity index (χ3n) is 4.93. The van der Waals surface area contributed by atoms with Crippen LogP contribution in [0.1, 0.15) is 12.0 Å². The second kappa shape index (κ2) is 5.14. The summed E-state index contributed by atoms with van der Waals surface area (Å²) in [6.07, 6.45) is 6.69. The van der Waals surface area contributed by atoms with E-state index in [2.05, 4.69) is 32.4 Å². The molecule has 24 heavy (non-hydrogen) atoms. The Balaban J connectivity index is 1.44. The van der Waals surface area contributed by atoms with Crippen molar-refractivity contribution in [2.75, 3.05) is 6.54 Å². The Bertz CT molecular complexity index is 920. The van der Waals surface area contributed by atoms with Gasteiger partial charge in [-0.2, -0.15) is 5.10 Å². The molecule has 0 aliphatic carbocycles. The third kappa shape index (κ3) is 2.11. The molecule has 0 radical (unpaired) electrons. The highest BCUT2D eigenvalue weighted by Crippen LogP contribution is 2.27. The molecule has 1 N–H and O–H groups in total. The van der Waals surface area contributed by atoms with E-state index >= 15 is 0 Å². The molecule has 0 unspecified atom stereocenters. The van der Waals surface area contributed by atoms with Crippen LogP contribution in [-0.2, 0) is 11.3 Å². The molecule has 1 aromatic carbocycles. The number of piperazine rings is 1. The molecule has 2 aliphatic rings. The van der Waals surface area contributed by atoms with Crippen molar-refractivity contribution in [3.63, 3.8) is 0 Å². The van der Waals surface area contributed by atoms with Gasteiger partial charge in [-0.15, -0.1) is 0 Å². The first-order chi connectivity index (χ1) is 11.8. The fourth-order valence-electron chi connectivity index (χ4n) is 3.80. The first-order valence-corrected chi connectivity index (χ1v) is 8.20. The van der Waals surface area contributed by atoms with Gasteiger partial charge in [0.25, 0.3) is 0 Å². The average Bonchev–Trinajstić information content (AvgIpc) is 3.28. The summed E-state index contributed by atoms with van der Waals surface area (Å²) < 4.78 is 1.83. The lowest BCUT2D eigenvalue weighted by atomic mass is 10.1. The van der Waals surface area contributed by atoms with Gasteiger partial charge in [-0.3, -0.25) is 9.69 Å². The number of hydrogen-bond donors (Lipinski definition) is 1. The van der Waals surface area contributed by atoms with Crippen LogP contribution in [-0.4, -0.2) is 44.0 Å². The van der Waals surface area contributed by atoms with Gasteiger partial charge in [0, 0.05) is 42.7 Å². The molecule has 0 spiro atoms. The summed E-state index contributed by atoms with van der Waals surface area (Å²) in [4.78, 5) is 18.7. The van der Waals surface area contributed by atoms with Crippen LogP contribution in [0.2, 0.25) is 0 Å². The number of fused-ring (bicyclic) bond motifs is 3. The molecule has 120 valence electrons. The second-order valence-electron chi connectivity index (χ2n) is 6.54. The van der Waals surface area contributed by atoms with Crippen molar-refractivity contribution in [1.82, 2.24) is 24.8 Å². The number of carbonyl (C=O) groups excluding carboxylic acids is 1. The summed E-state index contributed by atoms with van der Waals surface area (Å²) in [5, 5.41) is 7.46. The van der Waals surface area contributed by atoms with Crippen LogP contribution in [0.5, 0.6) is 0 Å². The molecule has 2 aliphatic heterocycles. The van der Waals surface area contributed by atoms with Crippen molar-refractivity contribution in [3.05, 3.63) is 54.5 Å². The predicted octanol–water partition coefficient (Wildman–Crippen LogP) is 1.47. The molecule has 2 aromatic heterocycles. The van der Waals surface area contributed by atoms with Gasteiger partial charge in [-0.25, -0.2) is 9.50 Å². The highest BCUT2D eigenvalue weighted by atomic mass is 16.2. The van der Waals surface area contributed by atoms with Gasteiger partial charge in [-0.1, -0.05) is 30.3 Å². The Morgan fingerprint density at radius 2 is 2.08 bits per heavy atom. The topological polar surface area (TPSA) is 62.5 Å². The zero-order chi connectivity index (χ0) is 16.1. The monoisotopic (exact) mass is 319 g/mol. The molecule has 4 heterocycles. The quantitative estimate of drug-likeness (QED) is 0.794. The Hall–Kier alpha value is -2.73. The average molecular weight is 319 g/mol. The second-order valence-corrected chi connectivity index (χ2v) is 6.54. The molecule has 2 fully saturated rings. The van der Waals surface area contributed by atoms with Crippen LogP contribution in [0.3, 0.4) is 0 Å². The molecular formula is C18H17N5O. The minimum atomic E-state index is 0.0169. The molecule has 5 rings (SSSR count). The van der Waals surface area contributed by atoms with Crippen molar-refractivity contribution >= 4 is 11.6 Å². The van der Waals surface area contributed by atoms with Crippen LogP contribution in [0.4, 0.5) is 0 Å². The lowest BCUT2D eigenvalue weighted by Crippen LogP contribution is -2.47. The van der Waals surface area contributed by atoms with Crippen molar-refractivity contribution in [2.45, 2.75) is 25.0 Å². The largest absolute Gasteiger partial charge is 0.351 e. The van der Waals surface area contributed by atoms with Gasteiger partial charge in [0.1, 0.15) is 0 Å². The molecular weight excluding hydrogens is 302 g/mol. The maximum absolute atomic E-state index is 11.8. The first kappa shape index (κ1) is 13.7. The van der Waals surface area contributed by atoms with Gasteiger partial charge >= 0.3 is 0 Å². The SMILES string of the molecule is O=C1N[C@H]2C[C@@H]1N(Cc1cnc3c(-c4ccccc4)cnn3c1)C2. The summed E-state index contributed by atoms with van der Waals surface area (Å²) >= 11 is 0. The van der Waals surface area contributed by atoms with E-state index in [1.54, 1.807) is 0 Å². The smallest absolute Gasteiger partial charge is 0.237 e. The predicted molar refractivity (Wildman–Crippen MR) is 89.2 cm³/mol. The molecule has 0 saturated carbocycles. The van der Waals surface area contributed by atoms with Crippen LogP contribution < -0.4 is 5.32 Å². The summed E-state index contributed by atoms with van der Waals surface area (Å²) in [6.45, 7) is 1.65. The lowest BCUT2D eigenvalue weighted by Gasteiger charge is -2.26. The fourth-order valence-corrected chi connectivity index (χ4v) is 3.80. The normalized spacial score (nSPS) is 23.1. The van der Waals surface area contributed by atoms with Crippen LogP contribution in [0.25, 0.3) is 16.8 Å². The minimum Gasteiger partial charge on any atom is -0.351 e. The van der Waals surface area contributed by atoms with Crippen LogP contribution in [0.15, 0.2) is 48.9 Å². The Morgan fingerprint density at radius 1 is 1.21 bits per heavy atom. The number of hydrogen-bond acceptors (Lipinski definition) is 4. The number of amides is 1. The Labute approximate surface area is 139 Å². The standard InChI is InChI=1S/C18H17N5O/c24-18-16-6-14(21-18)11-22(16)9-12-7-19-17-15(8-20-23(17)10-12)13-4-2-1-3-5-13/h1-5,7-8,10,14,16H,6,9,11H2,(H,21,24)/t14-,16-/m0/s1. The Kier molecular flexibility index (Phi) is 2.93. The first-order valence-electron chi connectivity index (χ1n) is 8.20. The lowest BCUT2D eigenvalue weighted by molar-refractivity contribution is -0.125. The van der Waals surface area contributed by atoms with E-state index < -0.39 is 0 Å². The molecule has 6 heteroatoms. The van der Waals surface area contributed by atoms with E-state index in [0.717, 1.165) is 41.8 Å². The molecule has 6 nitrogen and oxygen atoms in total. The summed E-state index contributed by atoms with van der Waals surface area (Å²) in [6, 6.07) is 10.5. The number of nitrogens with one attached hydrogen (secondary N) is 1. The number of aromatic nitrogens is 3. The number of nitrogens with zero attached hydrogens (tertiary/aromatic N) is 4. The highest BCUT2D eigenvalue weighted by Gasteiger charge is 2.43. The number of carbonyl (C=O) groups is 1. The van der Waals surface area contributed by atoms with Crippen molar-refractivity contribution < 1.29 is 4.79 Å². The molecule has 2 saturated heterocycles. The molecule has 3 aromatic rings. The third-order valence-corrected chi connectivity index (χ3v) is 4.93. The number of benzene rings is 1. The van der Waals surface area contributed by atoms with Gasteiger partial charge < -0.3 is 5.32 Å². The van der Waals surface area contributed by atoms with Gasteiger partial charge in [0.05, 0.1) is 12.2 Å². The zero-order valence-corrected chi connectivity index (χ0v) is 13.1. The van der Waals surface area contributed by atoms with Crippen LogP contribution >= 0.6 is 0 Å². The van der Waals surface area contributed by atoms with Crippen molar-refractivity contribution in [1.29, 1.82) is 0 Å². The summed E-state index contributed by atoms with van der Waals surface area (Å²) in [5.74, 6) is 0.158.